The number of aliphatic hydroxyl groups is 4. The van der Waals surface area contributed by atoms with Gasteiger partial charge in [-0.25, -0.2) is 0 Å². The monoisotopic (exact) mass is 546 g/mol. The van der Waals surface area contributed by atoms with E-state index in [1.54, 1.807) is 27.9 Å². The number of rotatable bonds is 12. The molecule has 0 bridgehead atoms. The van der Waals surface area contributed by atoms with Gasteiger partial charge in [0.05, 0.1) is 38.1 Å². The first kappa shape index (κ1) is 43.2. The summed E-state index contributed by atoms with van der Waals surface area (Å²) in [6.07, 6.45) is -1.81. The van der Waals surface area contributed by atoms with Crippen LogP contribution in [0.1, 0.15) is 22.3 Å². The van der Waals surface area contributed by atoms with Crippen LogP contribution in [-0.2, 0) is 22.4 Å². The zero-order valence-corrected chi connectivity index (χ0v) is 21.1. The summed E-state index contributed by atoms with van der Waals surface area (Å²) in [6, 6.07) is 0.375. The van der Waals surface area contributed by atoms with E-state index in [-0.39, 0.29) is 34.9 Å². The predicted octanol–water partition coefficient (Wildman–Crippen LogP) is -1.52. The van der Waals surface area contributed by atoms with Gasteiger partial charge in [-0.05, 0) is 6.55 Å². The Hall–Kier alpha value is 0.131. The van der Waals surface area contributed by atoms with E-state index in [2.05, 4.69) is 0 Å². The molecule has 1 heterocycles. The van der Waals surface area contributed by atoms with E-state index in [4.69, 9.17) is 57.3 Å². The molecule has 4 unspecified atom stereocenters. The Balaban J connectivity index is -0.000000114. The number of ether oxygens (including phenoxy) is 1. The molecule has 208 valence electrons. The van der Waals surface area contributed by atoms with Gasteiger partial charge in [0.1, 0.15) is 0 Å². The third-order valence-electron chi connectivity index (χ3n) is 3.80. The van der Waals surface area contributed by atoms with Crippen molar-refractivity contribution < 1.29 is 62.0 Å². The molecule has 0 radical (unpaired) electrons. The molecule has 0 aliphatic carbocycles. The Bertz CT molecular complexity index is 411. The third-order valence-corrected chi connectivity index (χ3v) is 9.75. The molecule has 0 saturated carbocycles. The summed E-state index contributed by atoms with van der Waals surface area (Å²) in [5.74, 6) is 0. The average molecular weight is 547 g/mol. The number of hydrogen-bond donors (Lipinski definition) is 8. The van der Waals surface area contributed by atoms with Gasteiger partial charge in [-0.15, -0.1) is 0 Å². The van der Waals surface area contributed by atoms with Gasteiger partial charge in [-0.1, -0.05) is 22.3 Å². The normalized spacial score (nSPS) is 18.3. The lowest BCUT2D eigenvalue weighted by atomic mass is 10.4. The molecule has 4 atom stereocenters. The highest BCUT2D eigenvalue weighted by atomic mass is 28.4. The minimum absolute atomic E-state index is 0. The fourth-order valence-electron chi connectivity index (χ4n) is 1.93. The fourth-order valence-corrected chi connectivity index (χ4v) is 5.66. The highest BCUT2D eigenvalue weighted by Gasteiger charge is 2.44. The van der Waals surface area contributed by atoms with Crippen LogP contribution in [0.3, 0.4) is 0 Å². The summed E-state index contributed by atoms with van der Waals surface area (Å²) in [5, 5.41) is 33.9. The van der Waals surface area contributed by atoms with Gasteiger partial charge >= 0.3 is 26.2 Å². The van der Waals surface area contributed by atoms with Gasteiger partial charge in [0.25, 0.3) is 0 Å². The molecule has 1 saturated heterocycles. The Labute approximate surface area is 202 Å². The van der Waals surface area contributed by atoms with Gasteiger partial charge in [0.15, 0.2) is 0 Å². The Morgan fingerprint density at radius 3 is 1.36 bits per heavy atom. The van der Waals surface area contributed by atoms with Crippen LogP contribution >= 0.6 is 0 Å². The lowest BCUT2D eigenvalue weighted by molar-refractivity contribution is 0.0911. The highest BCUT2D eigenvalue weighted by Crippen LogP contribution is 2.24. The van der Waals surface area contributed by atoms with Crippen molar-refractivity contribution in [1.82, 2.24) is 0 Å². The largest absolute Gasteiger partial charge is 0.502 e. The van der Waals surface area contributed by atoms with Gasteiger partial charge in [-0.3, -0.25) is 0 Å². The van der Waals surface area contributed by atoms with E-state index in [0.717, 1.165) is 12.7 Å². The maximum atomic E-state index is 9.27. The highest BCUT2D eigenvalue weighted by molar-refractivity contribution is 6.64. The van der Waals surface area contributed by atoms with Crippen LogP contribution in [0.25, 0.3) is 0 Å². The first-order chi connectivity index (χ1) is 13.7. The van der Waals surface area contributed by atoms with Gasteiger partial charge < -0.3 is 62.0 Å². The predicted molar refractivity (Wildman–Crippen MR) is 131 cm³/mol. The summed E-state index contributed by atoms with van der Waals surface area (Å²) < 4.78 is 25.4. The van der Waals surface area contributed by atoms with Crippen LogP contribution in [0.15, 0.2) is 0 Å². The Morgan fingerprint density at radius 2 is 1.15 bits per heavy atom. The summed E-state index contributed by atoms with van der Waals surface area (Å²) in [6.45, 7) is 1.47. The van der Waals surface area contributed by atoms with Gasteiger partial charge in [-0.2, -0.15) is 0 Å². The van der Waals surface area contributed by atoms with Crippen LogP contribution in [-0.4, -0.2) is 132 Å². The van der Waals surface area contributed by atoms with Crippen molar-refractivity contribution in [3.05, 3.63) is 0 Å². The topological polar surface area (TPSA) is 211 Å². The Kier molecular flexibility index (Phi) is 28.1. The van der Waals surface area contributed by atoms with Crippen molar-refractivity contribution in [2.75, 3.05) is 48.3 Å². The van der Waals surface area contributed by atoms with E-state index < -0.39 is 51.0 Å². The molecule has 0 aromatic rings. The number of hydrogen-bond acceptors (Lipinski definition) is 13. The summed E-state index contributed by atoms with van der Waals surface area (Å²) in [5.41, 5.74) is 0. The zero-order valence-electron chi connectivity index (χ0n) is 18.1. The van der Waals surface area contributed by atoms with Crippen molar-refractivity contribution in [3.8, 4) is 0 Å². The van der Waals surface area contributed by atoms with Gasteiger partial charge in [0.2, 0.25) is 0 Å². The van der Waals surface area contributed by atoms with E-state index in [1.807, 2.05) is 0 Å². The molecule has 1 aliphatic rings. The lowest BCUT2D eigenvalue weighted by Crippen LogP contribution is -2.43. The molecule has 13 nitrogen and oxygen atoms in total. The molecule has 1 fully saturated rings. The van der Waals surface area contributed by atoms with Crippen molar-refractivity contribution in [1.29, 1.82) is 0 Å². The fraction of sp³-hybridized carbons (Fsp3) is 1.00. The summed E-state index contributed by atoms with van der Waals surface area (Å²) in [4.78, 5) is 34.2. The van der Waals surface area contributed by atoms with E-state index in [9.17, 15) is 4.80 Å². The molecule has 0 aromatic heterocycles. The minimum atomic E-state index is -4.15. The molecule has 1 rings (SSSR count). The van der Waals surface area contributed by atoms with E-state index in [0.29, 0.717) is 6.10 Å². The van der Waals surface area contributed by atoms with Crippen LogP contribution in [0.4, 0.5) is 0 Å². The third kappa shape index (κ3) is 25.0. The first-order valence-electron chi connectivity index (χ1n) is 9.03. The maximum Gasteiger partial charge on any atom is 0.502 e. The van der Waals surface area contributed by atoms with Gasteiger partial charge in [0, 0.05) is 46.6 Å². The average Bonchev–Trinajstić information content (AvgIpc) is 3.49. The van der Waals surface area contributed by atoms with Crippen LogP contribution in [0.2, 0.25) is 24.7 Å². The summed E-state index contributed by atoms with van der Waals surface area (Å²) >= 11 is 0. The lowest BCUT2D eigenvalue weighted by Gasteiger charge is -2.23. The second kappa shape index (κ2) is 21.4. The van der Waals surface area contributed by atoms with Crippen molar-refractivity contribution in [2.24, 2.45) is 0 Å². The molecule has 0 amide bonds. The molecule has 8 N–H and O–H groups in total. The van der Waals surface area contributed by atoms with Crippen molar-refractivity contribution >= 4 is 26.2 Å². The number of epoxide rings is 1. The maximum absolute atomic E-state index is 9.27. The molecule has 0 aromatic carbocycles. The standard InChI is InChI=1S/C6H14O4Si.C5H14O4Si.C3H10O5Si.3CH4/c1-7-11(8-2,9-3)5-6-4-10-6;1-9-10(2,8)4-5(7)3-6;4-1-3(5)2-9(6,7)8;;;/h6H,4-5H2,1-3H3;5-8H,3-4H2,1-2H3;3-8H,1-2H2;3*1H4. The molecular formula is C17H50O13Si3. The zero-order chi connectivity index (χ0) is 24.0. The number of aliphatic hydroxyl groups excluding tert-OH is 4. The van der Waals surface area contributed by atoms with Crippen molar-refractivity contribution in [2.45, 2.75) is 65.3 Å². The Morgan fingerprint density at radius 1 is 0.788 bits per heavy atom. The smallest absolute Gasteiger partial charge is 0.411 e. The van der Waals surface area contributed by atoms with Crippen LogP contribution < -0.4 is 0 Å². The van der Waals surface area contributed by atoms with Crippen molar-refractivity contribution in [3.63, 3.8) is 0 Å². The molecular weight excluding hydrogens is 496 g/mol. The van der Waals surface area contributed by atoms with E-state index in [1.165, 1.54) is 7.11 Å². The van der Waals surface area contributed by atoms with Crippen LogP contribution in [0, 0.1) is 0 Å². The second-order valence-corrected chi connectivity index (χ2v) is 14.8. The van der Waals surface area contributed by atoms with E-state index >= 15 is 0 Å². The SMILES string of the molecule is C.C.C.CO[Si](C)(O)CC(O)CO.CO[Si](CC1CO1)(OC)OC.OCC(O)C[Si](O)(O)O. The molecule has 16 heteroatoms. The molecule has 33 heavy (non-hydrogen) atoms. The molecule has 1 aliphatic heterocycles. The second-order valence-electron chi connectivity index (χ2n) is 6.69. The minimum Gasteiger partial charge on any atom is -0.411 e. The molecule has 0 spiro atoms. The van der Waals surface area contributed by atoms with Crippen LogP contribution in [0.5, 0.6) is 0 Å². The quantitative estimate of drug-likeness (QED) is 0.103. The summed E-state index contributed by atoms with van der Waals surface area (Å²) in [7, 11) is -2.93. The first-order valence-corrected chi connectivity index (χ1v) is 15.6.